The highest BCUT2D eigenvalue weighted by Crippen LogP contribution is 2.29. The van der Waals surface area contributed by atoms with Gasteiger partial charge in [0.1, 0.15) is 11.5 Å². The topological polar surface area (TPSA) is 30.5 Å². The maximum absolute atomic E-state index is 6.16. The molecule has 106 valence electrons. The van der Waals surface area contributed by atoms with Crippen LogP contribution < -0.4 is 14.8 Å². The van der Waals surface area contributed by atoms with Crippen LogP contribution in [0.4, 0.5) is 0 Å². The van der Waals surface area contributed by atoms with Gasteiger partial charge in [-0.2, -0.15) is 0 Å². The molecule has 1 aromatic carbocycles. The molecule has 1 saturated carbocycles. The number of hydrogen-bond acceptors (Lipinski definition) is 3. The molecule has 1 aromatic rings. The van der Waals surface area contributed by atoms with Gasteiger partial charge in [0.05, 0.1) is 13.2 Å². The lowest BCUT2D eigenvalue weighted by Crippen LogP contribution is -2.22. The van der Waals surface area contributed by atoms with Gasteiger partial charge in [-0.25, -0.2) is 0 Å². The molecule has 19 heavy (non-hydrogen) atoms. The van der Waals surface area contributed by atoms with E-state index in [1.54, 1.807) is 7.11 Å². The summed E-state index contributed by atoms with van der Waals surface area (Å²) in [5.74, 6) is 1.83. The molecule has 2 rings (SSSR count). The molecular weight excluding hydrogens is 238 g/mol. The van der Waals surface area contributed by atoms with Crippen molar-refractivity contribution in [2.45, 2.75) is 58.2 Å². The summed E-state index contributed by atoms with van der Waals surface area (Å²) in [7, 11) is 1.70. The van der Waals surface area contributed by atoms with Crippen molar-refractivity contribution in [2.24, 2.45) is 0 Å². The average Bonchev–Trinajstić information content (AvgIpc) is 2.90. The molecule has 0 atom stereocenters. The third kappa shape index (κ3) is 4.13. The third-order valence-corrected chi connectivity index (χ3v) is 3.57. The van der Waals surface area contributed by atoms with Crippen LogP contribution in [0.25, 0.3) is 0 Å². The van der Waals surface area contributed by atoms with E-state index in [-0.39, 0.29) is 0 Å². The van der Waals surface area contributed by atoms with Crippen LogP contribution in [-0.2, 0) is 6.54 Å². The van der Waals surface area contributed by atoms with Crippen molar-refractivity contribution in [3.8, 4) is 11.5 Å². The van der Waals surface area contributed by atoms with Crippen LogP contribution in [0.5, 0.6) is 11.5 Å². The zero-order valence-electron chi connectivity index (χ0n) is 12.2. The molecule has 1 aliphatic rings. The Balaban J connectivity index is 2.10. The fourth-order valence-electron chi connectivity index (χ4n) is 2.42. The van der Waals surface area contributed by atoms with Gasteiger partial charge in [-0.05, 0) is 31.7 Å². The van der Waals surface area contributed by atoms with Gasteiger partial charge in [-0.1, -0.05) is 19.9 Å². The molecule has 0 aromatic heterocycles. The first kappa shape index (κ1) is 14.2. The number of hydrogen-bond donors (Lipinski definition) is 1. The number of ether oxygens (including phenoxy) is 2. The maximum atomic E-state index is 6.16. The molecule has 3 nitrogen and oxygen atoms in total. The Morgan fingerprint density at radius 3 is 2.63 bits per heavy atom. The van der Waals surface area contributed by atoms with Crippen molar-refractivity contribution in [3.63, 3.8) is 0 Å². The summed E-state index contributed by atoms with van der Waals surface area (Å²) in [4.78, 5) is 0. The number of benzene rings is 1. The predicted molar refractivity (Wildman–Crippen MR) is 77.9 cm³/mol. The van der Waals surface area contributed by atoms with Crippen molar-refractivity contribution >= 4 is 0 Å². The Morgan fingerprint density at radius 1 is 1.26 bits per heavy atom. The second-order valence-corrected chi connectivity index (χ2v) is 5.53. The standard InChI is InChI=1S/C16H25NO2/c1-12(2)17-11-13-8-9-15(18-3)10-16(13)19-14-6-4-5-7-14/h8-10,12,14,17H,4-7,11H2,1-3H3. The maximum Gasteiger partial charge on any atom is 0.127 e. The number of methoxy groups -OCH3 is 1. The SMILES string of the molecule is COc1ccc(CNC(C)C)c(OC2CCCC2)c1. The molecule has 0 unspecified atom stereocenters. The van der Waals surface area contributed by atoms with Crippen molar-refractivity contribution in [1.82, 2.24) is 5.32 Å². The minimum atomic E-state index is 0.380. The van der Waals surface area contributed by atoms with E-state index in [2.05, 4.69) is 25.2 Å². The van der Waals surface area contributed by atoms with Crippen LogP contribution in [0, 0.1) is 0 Å². The predicted octanol–water partition coefficient (Wildman–Crippen LogP) is 3.51. The van der Waals surface area contributed by atoms with E-state index in [1.807, 2.05) is 12.1 Å². The van der Waals surface area contributed by atoms with Crippen LogP contribution in [-0.4, -0.2) is 19.3 Å². The Kier molecular flexibility index (Phi) is 5.08. The van der Waals surface area contributed by atoms with Gasteiger partial charge in [-0.3, -0.25) is 0 Å². The number of nitrogens with one attached hydrogen (secondary N) is 1. The minimum absolute atomic E-state index is 0.380. The van der Waals surface area contributed by atoms with Crippen LogP contribution in [0.3, 0.4) is 0 Å². The van der Waals surface area contributed by atoms with Gasteiger partial charge in [0.15, 0.2) is 0 Å². The molecule has 0 amide bonds. The Bertz CT molecular complexity index is 398. The Labute approximate surface area is 116 Å². The molecule has 1 aliphatic carbocycles. The summed E-state index contributed by atoms with van der Waals surface area (Å²) in [5.41, 5.74) is 1.21. The Hall–Kier alpha value is -1.22. The van der Waals surface area contributed by atoms with E-state index in [9.17, 15) is 0 Å². The smallest absolute Gasteiger partial charge is 0.127 e. The fourth-order valence-corrected chi connectivity index (χ4v) is 2.42. The quantitative estimate of drug-likeness (QED) is 0.852. The Morgan fingerprint density at radius 2 is 2.00 bits per heavy atom. The molecule has 3 heteroatoms. The van der Waals surface area contributed by atoms with E-state index in [1.165, 1.54) is 31.2 Å². The molecule has 1 N–H and O–H groups in total. The van der Waals surface area contributed by atoms with E-state index in [0.717, 1.165) is 18.0 Å². The molecule has 0 spiro atoms. The highest BCUT2D eigenvalue weighted by Gasteiger charge is 2.18. The highest BCUT2D eigenvalue weighted by molar-refractivity contribution is 5.41. The first-order chi connectivity index (χ1) is 9.19. The lowest BCUT2D eigenvalue weighted by molar-refractivity contribution is 0.206. The molecule has 0 aliphatic heterocycles. The molecule has 1 fully saturated rings. The van der Waals surface area contributed by atoms with Crippen LogP contribution in [0.1, 0.15) is 45.1 Å². The number of rotatable bonds is 6. The van der Waals surface area contributed by atoms with Crippen molar-refractivity contribution in [3.05, 3.63) is 23.8 Å². The zero-order valence-corrected chi connectivity index (χ0v) is 12.2. The van der Waals surface area contributed by atoms with Crippen molar-refractivity contribution in [2.75, 3.05) is 7.11 Å². The fraction of sp³-hybridized carbons (Fsp3) is 0.625. The second-order valence-electron chi connectivity index (χ2n) is 5.53. The van der Waals surface area contributed by atoms with Crippen LogP contribution in [0.2, 0.25) is 0 Å². The second kappa shape index (κ2) is 6.80. The average molecular weight is 263 g/mol. The summed E-state index contributed by atoms with van der Waals surface area (Å²) < 4.78 is 11.5. The monoisotopic (exact) mass is 263 g/mol. The van der Waals surface area contributed by atoms with Gasteiger partial charge < -0.3 is 14.8 Å². The van der Waals surface area contributed by atoms with Gasteiger partial charge in [0.25, 0.3) is 0 Å². The van der Waals surface area contributed by atoms with Crippen molar-refractivity contribution in [1.29, 1.82) is 0 Å². The highest BCUT2D eigenvalue weighted by atomic mass is 16.5. The molecular formula is C16H25NO2. The van der Waals surface area contributed by atoms with Crippen LogP contribution >= 0.6 is 0 Å². The third-order valence-electron chi connectivity index (χ3n) is 3.57. The van der Waals surface area contributed by atoms with Gasteiger partial charge in [0.2, 0.25) is 0 Å². The van der Waals surface area contributed by atoms with E-state index in [0.29, 0.717) is 12.1 Å². The summed E-state index contributed by atoms with van der Waals surface area (Å²) in [6, 6.07) is 6.58. The summed E-state index contributed by atoms with van der Waals surface area (Å²) in [6.45, 7) is 5.14. The van der Waals surface area contributed by atoms with Gasteiger partial charge >= 0.3 is 0 Å². The van der Waals surface area contributed by atoms with Gasteiger partial charge in [0, 0.05) is 24.2 Å². The van der Waals surface area contributed by atoms with E-state index >= 15 is 0 Å². The lowest BCUT2D eigenvalue weighted by atomic mass is 10.1. The van der Waals surface area contributed by atoms with Crippen molar-refractivity contribution < 1.29 is 9.47 Å². The normalized spacial score (nSPS) is 16.0. The largest absolute Gasteiger partial charge is 0.497 e. The first-order valence-electron chi connectivity index (χ1n) is 7.26. The summed E-state index contributed by atoms with van der Waals surface area (Å²) >= 11 is 0. The van der Waals surface area contributed by atoms with E-state index in [4.69, 9.17) is 9.47 Å². The van der Waals surface area contributed by atoms with Gasteiger partial charge in [-0.15, -0.1) is 0 Å². The minimum Gasteiger partial charge on any atom is -0.497 e. The van der Waals surface area contributed by atoms with E-state index < -0.39 is 0 Å². The van der Waals surface area contributed by atoms with Crippen LogP contribution in [0.15, 0.2) is 18.2 Å². The zero-order chi connectivity index (χ0) is 13.7. The molecule has 0 bridgehead atoms. The molecule has 0 radical (unpaired) electrons. The lowest BCUT2D eigenvalue weighted by Gasteiger charge is -2.18. The summed E-state index contributed by atoms with van der Waals surface area (Å²) in [5, 5.41) is 3.44. The molecule has 0 heterocycles. The first-order valence-corrected chi connectivity index (χ1v) is 7.26. The molecule has 0 saturated heterocycles. The summed E-state index contributed by atoms with van der Waals surface area (Å²) in [6.07, 6.45) is 5.30.